The minimum atomic E-state index is -4.56. The molecule has 0 aromatic heterocycles. The molecule has 0 saturated heterocycles. The number of amides is 1. The second-order valence-corrected chi connectivity index (χ2v) is 7.02. The number of methoxy groups -OCH3 is 1. The van der Waals surface area contributed by atoms with Crippen molar-refractivity contribution in [3.05, 3.63) is 89.0 Å². The Balaban J connectivity index is 2.04. The van der Waals surface area contributed by atoms with Crippen LogP contribution in [0.3, 0.4) is 0 Å². The van der Waals surface area contributed by atoms with E-state index in [1.807, 2.05) is 0 Å². The Labute approximate surface area is 182 Å². The van der Waals surface area contributed by atoms with Gasteiger partial charge in [-0.1, -0.05) is 30.3 Å². The smallest absolute Gasteiger partial charge is 0.416 e. The van der Waals surface area contributed by atoms with Crippen LogP contribution in [-0.4, -0.2) is 24.1 Å². The highest BCUT2D eigenvalue weighted by molar-refractivity contribution is 5.94. The van der Waals surface area contributed by atoms with E-state index in [0.717, 1.165) is 12.1 Å². The zero-order valence-electron chi connectivity index (χ0n) is 17.1. The first kappa shape index (κ1) is 22.9. The molecule has 0 atom stereocenters. The molecule has 0 saturated carbocycles. The summed E-state index contributed by atoms with van der Waals surface area (Å²) in [5.74, 6) is -1.10. The van der Waals surface area contributed by atoms with Gasteiger partial charge in [0.25, 0.3) is 5.91 Å². The summed E-state index contributed by atoms with van der Waals surface area (Å²) in [5.41, 5.74) is 1.04. The highest BCUT2D eigenvalue weighted by Crippen LogP contribution is 2.37. The number of carbonyl (C=O) groups is 2. The van der Waals surface area contributed by atoms with Gasteiger partial charge in [0, 0.05) is 17.7 Å². The zero-order chi connectivity index (χ0) is 23.3. The zero-order valence-corrected chi connectivity index (χ0v) is 17.1. The molecule has 0 fully saturated rings. The van der Waals surface area contributed by atoms with Crippen LogP contribution in [0.4, 0.5) is 13.2 Å². The van der Waals surface area contributed by atoms with Crippen LogP contribution in [0.5, 0.6) is 5.75 Å². The van der Waals surface area contributed by atoms with Crippen LogP contribution in [0.2, 0.25) is 0 Å². The molecule has 8 heteroatoms. The van der Waals surface area contributed by atoms with E-state index in [-0.39, 0.29) is 18.5 Å². The second-order valence-electron chi connectivity index (χ2n) is 7.02. The Morgan fingerprint density at radius 1 is 0.969 bits per heavy atom. The number of halogens is 3. The Bertz CT molecular complexity index is 1130. The molecule has 0 aliphatic heterocycles. The number of carbonyl (C=O) groups excluding carboxylic acids is 1. The van der Waals surface area contributed by atoms with Gasteiger partial charge in [-0.15, -0.1) is 0 Å². The fourth-order valence-electron chi connectivity index (χ4n) is 3.30. The Kier molecular flexibility index (Phi) is 6.82. The van der Waals surface area contributed by atoms with Gasteiger partial charge in [0.2, 0.25) is 0 Å². The van der Waals surface area contributed by atoms with E-state index in [9.17, 15) is 22.8 Å². The van der Waals surface area contributed by atoms with E-state index >= 15 is 0 Å². The predicted molar refractivity (Wildman–Crippen MR) is 112 cm³/mol. The van der Waals surface area contributed by atoms with Crippen LogP contribution in [-0.2, 0) is 23.9 Å². The molecule has 3 rings (SSSR count). The third-order valence-corrected chi connectivity index (χ3v) is 4.82. The number of ether oxygens (including phenoxy) is 1. The molecular formula is C24H20F3NO4. The molecule has 0 unspecified atom stereocenters. The molecule has 5 nitrogen and oxygen atoms in total. The van der Waals surface area contributed by atoms with Gasteiger partial charge in [-0.25, -0.2) is 0 Å². The Morgan fingerprint density at radius 3 is 2.31 bits per heavy atom. The van der Waals surface area contributed by atoms with Crippen molar-refractivity contribution in [2.24, 2.45) is 0 Å². The number of rotatable bonds is 7. The fourth-order valence-corrected chi connectivity index (χ4v) is 3.30. The summed E-state index contributed by atoms with van der Waals surface area (Å²) in [6, 6.07) is 16.2. The summed E-state index contributed by atoms with van der Waals surface area (Å²) in [6.45, 7) is -0.167. The third-order valence-electron chi connectivity index (χ3n) is 4.82. The van der Waals surface area contributed by atoms with Gasteiger partial charge in [0.05, 0.1) is 19.1 Å². The largest absolute Gasteiger partial charge is 0.496 e. The number of aliphatic carboxylic acids is 1. The van der Waals surface area contributed by atoms with Crippen LogP contribution in [0.1, 0.15) is 27.0 Å². The maximum absolute atomic E-state index is 13.3. The van der Waals surface area contributed by atoms with Gasteiger partial charge in [-0.3, -0.25) is 9.59 Å². The first-order valence-electron chi connectivity index (χ1n) is 9.61. The summed E-state index contributed by atoms with van der Waals surface area (Å²) in [4.78, 5) is 23.5. The number of benzene rings is 3. The van der Waals surface area contributed by atoms with Crippen molar-refractivity contribution < 1.29 is 32.6 Å². The maximum Gasteiger partial charge on any atom is 0.416 e. The SMILES string of the molecule is COc1ccc(CC(=O)O)cc1-c1ccc(C(F)(F)F)cc1CNC(=O)c1ccccc1. The van der Waals surface area contributed by atoms with Crippen molar-refractivity contribution in [2.75, 3.05) is 7.11 Å². The molecule has 32 heavy (non-hydrogen) atoms. The van der Waals surface area contributed by atoms with Crippen molar-refractivity contribution >= 4 is 11.9 Å². The average Bonchev–Trinajstić information content (AvgIpc) is 2.76. The molecule has 3 aromatic rings. The second kappa shape index (κ2) is 9.55. The van der Waals surface area contributed by atoms with Crippen molar-refractivity contribution in [2.45, 2.75) is 19.1 Å². The standard InChI is InChI=1S/C24H20F3NO4/c1-32-21-10-7-15(12-22(29)30)11-20(21)19-9-8-18(24(25,26)27)13-17(19)14-28-23(31)16-5-3-2-4-6-16/h2-11,13H,12,14H2,1H3,(H,28,31)(H,29,30). The third kappa shape index (κ3) is 5.46. The summed E-state index contributed by atoms with van der Waals surface area (Å²) in [6.07, 6.45) is -4.82. The minimum absolute atomic E-state index is 0.167. The van der Waals surface area contributed by atoms with Gasteiger partial charge < -0.3 is 15.2 Å². The number of carboxylic acid groups (broad SMARTS) is 1. The van der Waals surface area contributed by atoms with Crippen LogP contribution in [0.25, 0.3) is 11.1 Å². The van der Waals surface area contributed by atoms with Crippen LogP contribution >= 0.6 is 0 Å². The van der Waals surface area contributed by atoms with Crippen LogP contribution in [0, 0.1) is 0 Å². The molecule has 0 radical (unpaired) electrons. The Morgan fingerprint density at radius 2 is 1.69 bits per heavy atom. The lowest BCUT2D eigenvalue weighted by Gasteiger charge is -2.17. The van der Waals surface area contributed by atoms with E-state index in [4.69, 9.17) is 9.84 Å². The van der Waals surface area contributed by atoms with Gasteiger partial charge in [0.1, 0.15) is 5.75 Å². The topological polar surface area (TPSA) is 75.6 Å². The summed E-state index contributed by atoms with van der Waals surface area (Å²) in [7, 11) is 1.41. The Hall–Kier alpha value is -3.81. The van der Waals surface area contributed by atoms with E-state index in [1.165, 1.54) is 13.2 Å². The summed E-state index contributed by atoms with van der Waals surface area (Å²) in [5, 5.41) is 11.7. The molecule has 3 aromatic carbocycles. The predicted octanol–water partition coefficient (Wildman–Crippen LogP) is 4.94. The molecule has 0 aliphatic rings. The summed E-state index contributed by atoms with van der Waals surface area (Å²) >= 11 is 0. The number of hydrogen-bond donors (Lipinski definition) is 2. The number of hydrogen-bond acceptors (Lipinski definition) is 3. The first-order chi connectivity index (χ1) is 15.2. The number of nitrogens with one attached hydrogen (secondary N) is 1. The molecular weight excluding hydrogens is 423 g/mol. The highest BCUT2D eigenvalue weighted by Gasteiger charge is 2.31. The van der Waals surface area contributed by atoms with Crippen LogP contribution < -0.4 is 10.1 Å². The van der Waals surface area contributed by atoms with Gasteiger partial charge in [-0.05, 0) is 53.1 Å². The number of carboxylic acids is 1. The molecule has 1 amide bonds. The van der Waals surface area contributed by atoms with Gasteiger partial charge >= 0.3 is 12.1 Å². The quantitative estimate of drug-likeness (QED) is 0.543. The van der Waals surface area contributed by atoms with Gasteiger partial charge in [0.15, 0.2) is 0 Å². The lowest BCUT2D eigenvalue weighted by molar-refractivity contribution is -0.138. The molecule has 0 aliphatic carbocycles. The molecule has 166 valence electrons. The van der Waals surface area contributed by atoms with E-state index in [2.05, 4.69) is 5.32 Å². The van der Waals surface area contributed by atoms with Crippen LogP contribution in [0.15, 0.2) is 66.7 Å². The first-order valence-corrected chi connectivity index (χ1v) is 9.61. The van der Waals surface area contributed by atoms with E-state index in [1.54, 1.807) is 48.5 Å². The van der Waals surface area contributed by atoms with E-state index < -0.39 is 23.6 Å². The molecule has 0 heterocycles. The average molecular weight is 443 g/mol. The van der Waals surface area contributed by atoms with Crippen molar-refractivity contribution in [3.8, 4) is 16.9 Å². The molecule has 0 spiro atoms. The normalized spacial score (nSPS) is 11.1. The maximum atomic E-state index is 13.3. The lowest BCUT2D eigenvalue weighted by atomic mass is 9.94. The lowest BCUT2D eigenvalue weighted by Crippen LogP contribution is -2.23. The molecule has 2 N–H and O–H groups in total. The van der Waals surface area contributed by atoms with Crippen molar-refractivity contribution in [3.63, 3.8) is 0 Å². The fraction of sp³-hybridized carbons (Fsp3) is 0.167. The van der Waals surface area contributed by atoms with Crippen molar-refractivity contribution in [1.29, 1.82) is 0 Å². The minimum Gasteiger partial charge on any atom is -0.496 e. The molecule has 0 bridgehead atoms. The summed E-state index contributed by atoms with van der Waals surface area (Å²) < 4.78 is 45.4. The number of alkyl halides is 3. The van der Waals surface area contributed by atoms with Gasteiger partial charge in [-0.2, -0.15) is 13.2 Å². The van der Waals surface area contributed by atoms with E-state index in [0.29, 0.717) is 28.0 Å². The highest BCUT2D eigenvalue weighted by atomic mass is 19.4. The van der Waals surface area contributed by atoms with Crippen molar-refractivity contribution in [1.82, 2.24) is 5.32 Å². The monoisotopic (exact) mass is 443 g/mol.